The van der Waals surface area contributed by atoms with Crippen molar-refractivity contribution >= 4 is 11.6 Å². The molecular weight excluding hydrogens is 242 g/mol. The second-order valence-electron chi connectivity index (χ2n) is 3.32. The molecule has 1 aromatic rings. The van der Waals surface area contributed by atoms with E-state index in [0.717, 1.165) is 11.6 Å². The normalized spacial score (nSPS) is 9.41. The lowest BCUT2D eigenvalue weighted by molar-refractivity contribution is -0.401. The molecule has 0 spiro atoms. The number of hydrogen-bond acceptors (Lipinski definition) is 4. The molecule has 0 amide bonds. The molecule has 0 saturated carbocycles. The fraction of sp³-hybridized carbons (Fsp3) is 0.273. The van der Waals surface area contributed by atoms with Gasteiger partial charge in [0.15, 0.2) is 0 Å². The molecule has 0 bridgehead atoms. The Labute approximate surface area is 106 Å². The Morgan fingerprint density at radius 3 is 2.29 bits per heavy atom. The number of hydrogen-bond donors (Lipinski definition) is 1. The summed E-state index contributed by atoms with van der Waals surface area (Å²) in [4.78, 5) is 8.44. The first-order valence-electron chi connectivity index (χ1n) is 4.87. The summed E-state index contributed by atoms with van der Waals surface area (Å²) >= 11 is 5.74. The molecule has 0 fully saturated rings. The standard InChI is InChI=1S/C9H13ClN2.C2H3NO2/c1-12(2)11-7-8-3-5-9(10)6-4-8;1-2-3(4)5/h3-6,11H,7H2,1-2H3;2H,1H2. The summed E-state index contributed by atoms with van der Waals surface area (Å²) in [6, 6.07) is 7.82. The van der Waals surface area contributed by atoms with Crippen molar-refractivity contribution in [1.29, 1.82) is 0 Å². The highest BCUT2D eigenvalue weighted by Crippen LogP contribution is 2.08. The van der Waals surface area contributed by atoms with Crippen LogP contribution in [0, 0.1) is 10.1 Å². The Balaban J connectivity index is 0.000000437. The average Bonchev–Trinajstić information content (AvgIpc) is 2.29. The topological polar surface area (TPSA) is 58.4 Å². The van der Waals surface area contributed by atoms with Gasteiger partial charge in [0.1, 0.15) is 0 Å². The van der Waals surface area contributed by atoms with Gasteiger partial charge in [-0.05, 0) is 24.3 Å². The van der Waals surface area contributed by atoms with Crippen molar-refractivity contribution in [2.24, 2.45) is 0 Å². The van der Waals surface area contributed by atoms with Gasteiger partial charge in [-0.15, -0.1) is 0 Å². The number of nitrogens with zero attached hydrogens (tertiary/aromatic N) is 2. The van der Waals surface area contributed by atoms with Crippen molar-refractivity contribution in [2.45, 2.75) is 6.54 Å². The zero-order valence-corrected chi connectivity index (χ0v) is 10.6. The van der Waals surface area contributed by atoms with Gasteiger partial charge in [0.05, 0.1) is 4.92 Å². The van der Waals surface area contributed by atoms with Crippen LogP contribution in [0.3, 0.4) is 0 Å². The summed E-state index contributed by atoms with van der Waals surface area (Å²) in [7, 11) is 3.94. The van der Waals surface area contributed by atoms with Crippen molar-refractivity contribution < 1.29 is 4.92 Å². The molecule has 0 aliphatic rings. The molecule has 1 rings (SSSR count). The van der Waals surface area contributed by atoms with Crippen LogP contribution < -0.4 is 5.43 Å². The van der Waals surface area contributed by atoms with Crippen LogP contribution in [-0.4, -0.2) is 24.0 Å². The lowest BCUT2D eigenvalue weighted by Crippen LogP contribution is -2.29. The molecule has 6 heteroatoms. The summed E-state index contributed by atoms with van der Waals surface area (Å²) in [6.45, 7) is 3.70. The van der Waals surface area contributed by atoms with Gasteiger partial charge in [0, 0.05) is 25.7 Å². The number of nitro groups is 1. The van der Waals surface area contributed by atoms with Crippen LogP contribution >= 0.6 is 11.6 Å². The predicted octanol–water partition coefficient (Wildman–Crippen LogP) is 2.31. The van der Waals surface area contributed by atoms with Gasteiger partial charge < -0.3 is 0 Å². The van der Waals surface area contributed by atoms with E-state index in [4.69, 9.17) is 21.7 Å². The fourth-order valence-corrected chi connectivity index (χ4v) is 0.978. The Hall–Kier alpha value is -1.43. The number of halogens is 1. The summed E-state index contributed by atoms with van der Waals surface area (Å²) < 4.78 is 0. The summed E-state index contributed by atoms with van der Waals surface area (Å²) in [5.74, 6) is 0. The van der Waals surface area contributed by atoms with Crippen LogP contribution in [0.5, 0.6) is 0 Å². The van der Waals surface area contributed by atoms with Gasteiger partial charge in [0.2, 0.25) is 6.20 Å². The maximum atomic E-state index is 9.06. The van der Waals surface area contributed by atoms with E-state index in [0.29, 0.717) is 6.20 Å². The number of benzene rings is 1. The minimum atomic E-state index is -0.611. The lowest BCUT2D eigenvalue weighted by Gasteiger charge is -2.11. The number of nitrogens with one attached hydrogen (secondary N) is 1. The molecule has 0 aliphatic heterocycles. The highest BCUT2D eigenvalue weighted by atomic mass is 35.5. The first-order chi connectivity index (χ1) is 7.95. The van der Waals surface area contributed by atoms with Crippen molar-refractivity contribution in [1.82, 2.24) is 10.4 Å². The van der Waals surface area contributed by atoms with Gasteiger partial charge in [-0.1, -0.05) is 23.7 Å². The summed E-state index contributed by atoms with van der Waals surface area (Å²) in [5, 5.41) is 11.8. The van der Waals surface area contributed by atoms with E-state index in [1.807, 2.05) is 43.4 Å². The van der Waals surface area contributed by atoms with Crippen LogP contribution in [0.2, 0.25) is 5.02 Å². The Bertz CT molecular complexity index is 352. The van der Waals surface area contributed by atoms with Gasteiger partial charge in [-0.2, -0.15) is 0 Å². The second kappa shape index (κ2) is 8.69. The van der Waals surface area contributed by atoms with E-state index in [-0.39, 0.29) is 0 Å². The molecule has 0 radical (unpaired) electrons. The maximum Gasteiger partial charge on any atom is 0.227 e. The van der Waals surface area contributed by atoms with Gasteiger partial charge in [-0.3, -0.25) is 20.5 Å². The summed E-state index contributed by atoms with van der Waals surface area (Å²) in [5.41, 5.74) is 4.40. The van der Waals surface area contributed by atoms with E-state index in [2.05, 4.69) is 12.0 Å². The highest BCUT2D eigenvalue weighted by molar-refractivity contribution is 6.30. The molecule has 0 heterocycles. The molecular formula is C11H16ClN3O2. The van der Waals surface area contributed by atoms with E-state index < -0.39 is 4.92 Å². The van der Waals surface area contributed by atoms with E-state index in [1.165, 1.54) is 5.56 Å². The van der Waals surface area contributed by atoms with Gasteiger partial charge in [0.25, 0.3) is 0 Å². The molecule has 0 saturated heterocycles. The molecule has 0 atom stereocenters. The van der Waals surface area contributed by atoms with Crippen LogP contribution in [-0.2, 0) is 6.54 Å². The molecule has 17 heavy (non-hydrogen) atoms. The first-order valence-corrected chi connectivity index (χ1v) is 5.25. The Morgan fingerprint density at radius 1 is 1.47 bits per heavy atom. The third-order valence-corrected chi connectivity index (χ3v) is 1.91. The van der Waals surface area contributed by atoms with E-state index in [9.17, 15) is 0 Å². The zero-order chi connectivity index (χ0) is 13.3. The largest absolute Gasteiger partial charge is 0.259 e. The smallest absolute Gasteiger partial charge is 0.227 e. The van der Waals surface area contributed by atoms with Gasteiger partial charge in [-0.25, -0.2) is 0 Å². The zero-order valence-electron chi connectivity index (χ0n) is 9.89. The first kappa shape index (κ1) is 15.6. The van der Waals surface area contributed by atoms with Crippen LogP contribution in [0.25, 0.3) is 0 Å². The van der Waals surface area contributed by atoms with Gasteiger partial charge >= 0.3 is 0 Å². The quantitative estimate of drug-likeness (QED) is 0.664. The molecule has 1 aromatic carbocycles. The van der Waals surface area contributed by atoms with E-state index in [1.54, 1.807) is 0 Å². The Morgan fingerprint density at radius 2 is 1.94 bits per heavy atom. The lowest BCUT2D eigenvalue weighted by atomic mass is 10.2. The van der Waals surface area contributed by atoms with Crippen molar-refractivity contribution in [2.75, 3.05) is 14.1 Å². The van der Waals surface area contributed by atoms with Crippen LogP contribution in [0.4, 0.5) is 0 Å². The molecule has 1 N–H and O–H groups in total. The number of hydrazine groups is 1. The predicted molar refractivity (Wildman–Crippen MR) is 69.2 cm³/mol. The van der Waals surface area contributed by atoms with Crippen molar-refractivity contribution in [3.63, 3.8) is 0 Å². The molecule has 5 nitrogen and oxygen atoms in total. The third-order valence-electron chi connectivity index (χ3n) is 1.66. The van der Waals surface area contributed by atoms with Crippen molar-refractivity contribution in [3.05, 3.63) is 57.7 Å². The molecule has 0 aromatic heterocycles. The van der Waals surface area contributed by atoms with Crippen LogP contribution in [0.1, 0.15) is 5.56 Å². The molecule has 0 aliphatic carbocycles. The Kier molecular flexibility index (Phi) is 7.96. The minimum Gasteiger partial charge on any atom is -0.259 e. The van der Waals surface area contributed by atoms with Crippen molar-refractivity contribution in [3.8, 4) is 0 Å². The van der Waals surface area contributed by atoms with Crippen LogP contribution in [0.15, 0.2) is 37.0 Å². The summed E-state index contributed by atoms with van der Waals surface area (Å²) in [6.07, 6.45) is 0.639. The van der Waals surface area contributed by atoms with E-state index >= 15 is 0 Å². The third kappa shape index (κ3) is 9.50. The minimum absolute atomic E-state index is 0.611. The maximum absolute atomic E-state index is 9.06. The monoisotopic (exact) mass is 257 g/mol. The molecule has 94 valence electrons. The number of rotatable bonds is 4. The highest BCUT2D eigenvalue weighted by Gasteiger charge is 1.92. The fourth-order valence-electron chi connectivity index (χ4n) is 0.852. The molecule has 0 unspecified atom stereocenters. The second-order valence-corrected chi connectivity index (χ2v) is 3.76. The SMILES string of the molecule is C=C[N+](=O)[O-].CN(C)NCc1ccc(Cl)cc1. The average molecular weight is 258 g/mol.